The summed E-state index contributed by atoms with van der Waals surface area (Å²) >= 11 is 0. The summed E-state index contributed by atoms with van der Waals surface area (Å²) in [5.74, 6) is -4.76. The van der Waals surface area contributed by atoms with Gasteiger partial charge in [-0.15, -0.1) is 0 Å². The van der Waals surface area contributed by atoms with E-state index in [2.05, 4.69) is 4.98 Å². The number of hydrogen-bond donors (Lipinski definition) is 1. The van der Waals surface area contributed by atoms with Crippen LogP contribution in [0.1, 0.15) is 23.8 Å². The van der Waals surface area contributed by atoms with Gasteiger partial charge in [-0.3, -0.25) is 9.59 Å². The van der Waals surface area contributed by atoms with Crippen LogP contribution in [0.5, 0.6) is 0 Å². The van der Waals surface area contributed by atoms with Crippen LogP contribution in [0.25, 0.3) is 0 Å². The zero-order valence-electron chi connectivity index (χ0n) is 14.5. The summed E-state index contributed by atoms with van der Waals surface area (Å²) in [6, 6.07) is 0.0212. The number of alkyl halides is 3. The van der Waals surface area contributed by atoms with Gasteiger partial charge in [-0.1, -0.05) is 6.92 Å². The number of aromatic nitrogens is 1. The molecule has 1 aliphatic heterocycles. The van der Waals surface area contributed by atoms with Gasteiger partial charge >= 0.3 is 6.18 Å². The summed E-state index contributed by atoms with van der Waals surface area (Å²) in [6.45, 7) is 1.38. The van der Waals surface area contributed by atoms with Crippen molar-refractivity contribution in [3.63, 3.8) is 0 Å². The van der Waals surface area contributed by atoms with Crippen LogP contribution in [-0.2, 0) is 4.79 Å². The van der Waals surface area contributed by atoms with Gasteiger partial charge in [-0.05, 0) is 12.3 Å². The Hall–Kier alpha value is -2.30. The predicted octanol–water partition coefficient (Wildman–Crippen LogP) is 1.59. The highest BCUT2D eigenvalue weighted by Gasteiger charge is 2.46. The highest BCUT2D eigenvalue weighted by Crippen LogP contribution is 2.26. The van der Waals surface area contributed by atoms with Crippen molar-refractivity contribution in [1.29, 1.82) is 0 Å². The summed E-state index contributed by atoms with van der Waals surface area (Å²) in [5.41, 5.74) is -0.572. The molecular weight excluding hydrogens is 377 g/mol. The summed E-state index contributed by atoms with van der Waals surface area (Å²) in [6.07, 6.45) is -7.33. The minimum atomic E-state index is -5.06. The molecule has 6 nitrogen and oxygen atoms in total. The molecule has 1 aliphatic rings. The maximum atomic E-state index is 13.8. The van der Waals surface area contributed by atoms with E-state index in [-0.39, 0.29) is 19.5 Å². The van der Waals surface area contributed by atoms with Crippen molar-refractivity contribution in [3.8, 4) is 0 Å². The minimum Gasteiger partial charge on any atom is -0.376 e. The Labute approximate surface area is 151 Å². The van der Waals surface area contributed by atoms with E-state index in [1.807, 2.05) is 0 Å². The van der Waals surface area contributed by atoms with Crippen LogP contribution >= 0.6 is 0 Å². The standard InChI is InChI=1S/C16H18F5N3O3/c1-8-7-24(15(27)13(25)16(19,20)21)4-3-11(8)23(2)14(26)12-10(18)5-9(17)6-22-12/h5-6,8,11,13,25H,3-4,7H2,1-2H3/t8-,11+,13-/m1/s1. The van der Waals surface area contributed by atoms with E-state index in [1.165, 1.54) is 11.9 Å². The highest BCUT2D eigenvalue weighted by atomic mass is 19.4. The van der Waals surface area contributed by atoms with Gasteiger partial charge in [0.25, 0.3) is 11.8 Å². The number of pyridine rings is 1. The minimum absolute atomic E-state index is 0.113. The van der Waals surface area contributed by atoms with Gasteiger partial charge in [-0.25, -0.2) is 13.8 Å². The molecule has 150 valence electrons. The number of carbonyl (C=O) groups is 2. The SMILES string of the molecule is C[C@@H]1CN(C(=O)[C@@H](O)C(F)(F)F)CC[C@@H]1N(C)C(=O)c1ncc(F)cc1F. The second kappa shape index (κ2) is 7.75. The number of likely N-dealkylation sites (tertiary alicyclic amines) is 1. The maximum absolute atomic E-state index is 13.8. The molecule has 1 aromatic heterocycles. The number of aliphatic hydroxyl groups is 1. The Morgan fingerprint density at radius 3 is 2.52 bits per heavy atom. The lowest BCUT2D eigenvalue weighted by molar-refractivity contribution is -0.211. The average Bonchev–Trinajstić information content (AvgIpc) is 2.58. The van der Waals surface area contributed by atoms with Crippen LogP contribution in [0.15, 0.2) is 12.3 Å². The molecule has 0 radical (unpaired) electrons. The van der Waals surface area contributed by atoms with Crippen LogP contribution < -0.4 is 0 Å². The van der Waals surface area contributed by atoms with Gasteiger partial charge in [-0.2, -0.15) is 13.2 Å². The largest absolute Gasteiger partial charge is 0.423 e. The monoisotopic (exact) mass is 395 g/mol. The normalized spacial score (nSPS) is 21.7. The topological polar surface area (TPSA) is 73.7 Å². The molecular formula is C16H18F5N3O3. The van der Waals surface area contributed by atoms with E-state index in [0.717, 1.165) is 4.90 Å². The van der Waals surface area contributed by atoms with Gasteiger partial charge in [0.05, 0.1) is 6.20 Å². The van der Waals surface area contributed by atoms with E-state index in [9.17, 15) is 31.5 Å². The van der Waals surface area contributed by atoms with Crippen molar-refractivity contribution >= 4 is 11.8 Å². The first-order valence-corrected chi connectivity index (χ1v) is 8.05. The molecule has 27 heavy (non-hydrogen) atoms. The van der Waals surface area contributed by atoms with Gasteiger partial charge in [0.2, 0.25) is 6.10 Å². The molecule has 1 N–H and O–H groups in total. The molecule has 11 heteroatoms. The summed E-state index contributed by atoms with van der Waals surface area (Å²) < 4.78 is 64.2. The zero-order valence-corrected chi connectivity index (χ0v) is 14.5. The highest BCUT2D eigenvalue weighted by molar-refractivity contribution is 5.92. The van der Waals surface area contributed by atoms with Gasteiger partial charge in [0, 0.05) is 32.2 Å². The molecule has 0 spiro atoms. The molecule has 2 heterocycles. The van der Waals surface area contributed by atoms with Crippen molar-refractivity contribution in [3.05, 3.63) is 29.6 Å². The van der Waals surface area contributed by atoms with Gasteiger partial charge < -0.3 is 14.9 Å². The molecule has 0 aromatic carbocycles. The van der Waals surface area contributed by atoms with Crippen LogP contribution in [0.2, 0.25) is 0 Å². The fourth-order valence-electron chi connectivity index (χ4n) is 3.11. The first-order chi connectivity index (χ1) is 12.4. The zero-order chi connectivity index (χ0) is 20.5. The molecule has 0 saturated carbocycles. The molecule has 0 aliphatic carbocycles. The third-order valence-electron chi connectivity index (χ3n) is 4.54. The summed E-state index contributed by atoms with van der Waals surface area (Å²) in [5, 5.41) is 9.10. The third kappa shape index (κ3) is 4.52. The number of amides is 2. The van der Waals surface area contributed by atoms with Crippen LogP contribution in [-0.4, -0.2) is 70.2 Å². The molecule has 3 atom stereocenters. The lowest BCUT2D eigenvalue weighted by Gasteiger charge is -2.41. The number of nitrogens with zero attached hydrogens (tertiary/aromatic N) is 3. The molecule has 0 bridgehead atoms. The first kappa shape index (κ1) is 21.0. The van der Waals surface area contributed by atoms with Crippen LogP contribution in [0.4, 0.5) is 22.0 Å². The second-order valence-corrected chi connectivity index (χ2v) is 6.46. The number of halogens is 5. The molecule has 1 fully saturated rings. The smallest absolute Gasteiger partial charge is 0.376 e. The Balaban J connectivity index is 2.07. The summed E-state index contributed by atoms with van der Waals surface area (Å²) in [7, 11) is 1.37. The lowest BCUT2D eigenvalue weighted by atomic mass is 9.92. The number of piperidine rings is 1. The van der Waals surface area contributed by atoms with Crippen LogP contribution in [0, 0.1) is 17.6 Å². The maximum Gasteiger partial charge on any atom is 0.423 e. The van der Waals surface area contributed by atoms with Crippen molar-refractivity contribution in [1.82, 2.24) is 14.8 Å². The number of aliphatic hydroxyl groups excluding tert-OH is 1. The molecule has 0 unspecified atom stereocenters. The fraction of sp³-hybridized carbons (Fsp3) is 0.562. The molecule has 2 amide bonds. The van der Waals surface area contributed by atoms with Gasteiger partial charge in [0.15, 0.2) is 11.5 Å². The van der Waals surface area contributed by atoms with Crippen molar-refractivity contribution < 1.29 is 36.6 Å². The fourth-order valence-corrected chi connectivity index (χ4v) is 3.11. The first-order valence-electron chi connectivity index (χ1n) is 8.05. The number of carbonyl (C=O) groups excluding carboxylic acids is 2. The molecule has 1 aromatic rings. The van der Waals surface area contributed by atoms with Crippen molar-refractivity contribution in [2.24, 2.45) is 5.92 Å². The lowest BCUT2D eigenvalue weighted by Crippen LogP contribution is -2.55. The Kier molecular flexibility index (Phi) is 6.03. The van der Waals surface area contributed by atoms with Crippen molar-refractivity contribution in [2.45, 2.75) is 31.7 Å². The van der Waals surface area contributed by atoms with Gasteiger partial charge in [0.1, 0.15) is 5.82 Å². The second-order valence-electron chi connectivity index (χ2n) is 6.46. The Morgan fingerprint density at radius 2 is 2.00 bits per heavy atom. The van der Waals surface area contributed by atoms with E-state index >= 15 is 0 Å². The van der Waals surface area contributed by atoms with E-state index in [1.54, 1.807) is 6.92 Å². The van der Waals surface area contributed by atoms with Crippen LogP contribution in [0.3, 0.4) is 0 Å². The predicted molar refractivity (Wildman–Crippen MR) is 82.5 cm³/mol. The molecule has 1 saturated heterocycles. The quantitative estimate of drug-likeness (QED) is 0.789. The van der Waals surface area contributed by atoms with E-state index in [4.69, 9.17) is 5.11 Å². The van der Waals surface area contributed by atoms with Crippen molar-refractivity contribution in [2.75, 3.05) is 20.1 Å². The summed E-state index contributed by atoms with van der Waals surface area (Å²) in [4.78, 5) is 29.7. The Morgan fingerprint density at radius 1 is 1.37 bits per heavy atom. The van der Waals surface area contributed by atoms with E-state index < -0.39 is 53.4 Å². The third-order valence-corrected chi connectivity index (χ3v) is 4.54. The number of rotatable bonds is 3. The number of hydrogen-bond acceptors (Lipinski definition) is 4. The molecule has 2 rings (SSSR count). The van der Waals surface area contributed by atoms with E-state index in [0.29, 0.717) is 12.3 Å². The Bertz CT molecular complexity index is 728. The average molecular weight is 395 g/mol.